The van der Waals surface area contributed by atoms with E-state index in [1.54, 1.807) is 65.0 Å². The summed E-state index contributed by atoms with van der Waals surface area (Å²) in [6.45, 7) is 10.8. The van der Waals surface area contributed by atoms with Crippen LogP contribution in [0.3, 0.4) is 0 Å². The molecule has 0 aliphatic carbocycles. The Morgan fingerprint density at radius 1 is 0.757 bits per heavy atom. The number of carbonyl (C=O) groups excluding carboxylic acids is 6. The van der Waals surface area contributed by atoms with Crippen LogP contribution >= 0.6 is 11.3 Å². The second-order valence-electron chi connectivity index (χ2n) is 19.8. The number of carboxylic acids is 1. The van der Waals surface area contributed by atoms with Crippen molar-refractivity contribution in [2.45, 2.75) is 134 Å². The van der Waals surface area contributed by atoms with Crippen molar-refractivity contribution in [1.82, 2.24) is 31.5 Å². The maximum atomic E-state index is 14.9. The minimum atomic E-state index is -4.33. The van der Waals surface area contributed by atoms with E-state index in [0.29, 0.717) is 29.4 Å². The Balaban J connectivity index is 1.28. The van der Waals surface area contributed by atoms with Crippen molar-refractivity contribution in [3.05, 3.63) is 113 Å². The molecule has 1 saturated heterocycles. The fourth-order valence-electron chi connectivity index (χ4n) is 9.18. The number of carbonyl (C=O) groups is 7. The van der Waals surface area contributed by atoms with Gasteiger partial charge in [-0.05, 0) is 111 Å². The number of nitrogens with one attached hydrogen (secondary N) is 5. The minimum absolute atomic E-state index is 0.00607. The van der Waals surface area contributed by atoms with Crippen molar-refractivity contribution in [2.75, 3.05) is 13.2 Å². The first kappa shape index (κ1) is 56.4. The summed E-state index contributed by atoms with van der Waals surface area (Å²) >= 11 is 1.46. The predicted octanol–water partition coefficient (Wildman–Crippen LogP) is 5.84. The van der Waals surface area contributed by atoms with Gasteiger partial charge in [-0.1, -0.05) is 86.1 Å². The molecule has 1 fully saturated rings. The number of hydrogen-bond acceptors (Lipinski definition) is 11. The predicted molar refractivity (Wildman–Crippen MR) is 282 cm³/mol. The van der Waals surface area contributed by atoms with Crippen LogP contribution in [0, 0.1) is 0 Å². The van der Waals surface area contributed by atoms with Crippen molar-refractivity contribution >= 4 is 83.7 Å². The van der Waals surface area contributed by atoms with Gasteiger partial charge in [0, 0.05) is 36.0 Å². The highest BCUT2D eigenvalue weighted by Crippen LogP contribution is 2.33. The van der Waals surface area contributed by atoms with E-state index >= 15 is 0 Å². The van der Waals surface area contributed by atoms with Gasteiger partial charge in [-0.25, -0.2) is 0 Å². The summed E-state index contributed by atoms with van der Waals surface area (Å²) in [4.78, 5) is 99.8. The molecule has 0 spiro atoms. The number of fused-ring (bicyclic) bond motifs is 2. The zero-order valence-electron chi connectivity index (χ0n) is 42.5. The lowest BCUT2D eigenvalue weighted by molar-refractivity contribution is -0.147. The average Bonchev–Trinajstić information content (AvgIpc) is 3.95. The van der Waals surface area contributed by atoms with Gasteiger partial charge < -0.3 is 41.3 Å². The summed E-state index contributed by atoms with van der Waals surface area (Å²) in [6.07, 6.45) is 0.419. The van der Waals surface area contributed by atoms with Crippen molar-refractivity contribution in [3.63, 3.8) is 0 Å². The molecule has 18 nitrogen and oxygen atoms in total. The van der Waals surface area contributed by atoms with Gasteiger partial charge in [0.25, 0.3) is 16.0 Å². The Kier molecular flexibility index (Phi) is 18.6. The molecule has 20 heteroatoms. The Morgan fingerprint density at radius 3 is 2.04 bits per heavy atom. The number of nitrogens with zero attached hydrogens (tertiary/aromatic N) is 1. The molecule has 6 rings (SSSR count). The molecule has 4 aromatic carbocycles. The normalized spacial score (nSPS) is 16.4. The molecule has 0 bridgehead atoms. The molecule has 6 amide bonds. The van der Waals surface area contributed by atoms with Crippen molar-refractivity contribution in [3.8, 4) is 5.75 Å². The van der Waals surface area contributed by atoms with Crippen LogP contribution in [-0.4, -0.2) is 113 Å². The van der Waals surface area contributed by atoms with E-state index in [4.69, 9.17) is 4.74 Å². The van der Waals surface area contributed by atoms with E-state index in [0.717, 1.165) is 21.0 Å². The number of rotatable bonds is 23. The van der Waals surface area contributed by atoms with Gasteiger partial charge in [-0.15, -0.1) is 11.3 Å². The van der Waals surface area contributed by atoms with E-state index in [9.17, 15) is 51.6 Å². The van der Waals surface area contributed by atoms with Crippen LogP contribution in [0.4, 0.5) is 0 Å². The largest absolute Gasteiger partial charge is 0.493 e. The van der Waals surface area contributed by atoms with Crippen molar-refractivity contribution in [2.24, 2.45) is 0 Å². The smallest absolute Gasteiger partial charge is 0.303 e. The summed E-state index contributed by atoms with van der Waals surface area (Å²) in [5, 5.41) is 27.7. The lowest BCUT2D eigenvalue weighted by atomic mass is 9.94. The SMILES string of the molecule is CCC[C@H](NC(=O)[C@H](Cc1ccc(CS(=O)(=O)O)cc1)NC(=O)c1c(OCC)ccc2ccccc12)C(=O)N1CCC[C@@]1(C)C(=O)N[C@@H](Cc1csc2ccccc12)C(=O)N[C@@H](CCC(=O)O)C(=O)NC(C)(C)C. The van der Waals surface area contributed by atoms with Gasteiger partial charge in [0.05, 0.1) is 12.2 Å². The summed E-state index contributed by atoms with van der Waals surface area (Å²) < 4.78 is 39.5. The molecule has 0 saturated carbocycles. The van der Waals surface area contributed by atoms with Gasteiger partial charge in [0.15, 0.2) is 0 Å². The number of thiophene rings is 1. The maximum absolute atomic E-state index is 14.9. The molecule has 7 N–H and O–H groups in total. The molecule has 0 radical (unpaired) electrons. The third-order valence-electron chi connectivity index (χ3n) is 12.8. The first-order valence-electron chi connectivity index (χ1n) is 24.7. The van der Waals surface area contributed by atoms with E-state index in [-0.39, 0.29) is 56.6 Å². The Labute approximate surface area is 435 Å². The molecule has 5 atom stereocenters. The lowest BCUT2D eigenvalue weighted by Crippen LogP contribution is -2.63. The highest BCUT2D eigenvalue weighted by molar-refractivity contribution is 7.85. The number of ether oxygens (including phenoxy) is 1. The zero-order valence-corrected chi connectivity index (χ0v) is 44.1. The highest BCUT2D eigenvalue weighted by atomic mass is 32.2. The third-order valence-corrected chi connectivity index (χ3v) is 14.5. The molecule has 5 aromatic rings. The third kappa shape index (κ3) is 14.7. The molecule has 74 heavy (non-hydrogen) atoms. The second kappa shape index (κ2) is 24.4. The summed E-state index contributed by atoms with van der Waals surface area (Å²) in [5.41, 5.74) is -0.498. The highest BCUT2D eigenvalue weighted by Gasteiger charge is 2.48. The fraction of sp³-hybridized carbons (Fsp3) is 0.426. The Bertz CT molecular complexity index is 2990. The van der Waals surface area contributed by atoms with E-state index in [1.807, 2.05) is 54.8 Å². The van der Waals surface area contributed by atoms with E-state index < -0.39 is 98.9 Å². The van der Waals surface area contributed by atoms with Crippen LogP contribution in [-0.2, 0) is 57.5 Å². The van der Waals surface area contributed by atoms with Gasteiger partial charge >= 0.3 is 5.97 Å². The molecular weight excluding hydrogens is 989 g/mol. The second-order valence-corrected chi connectivity index (χ2v) is 22.2. The van der Waals surface area contributed by atoms with Gasteiger partial charge in [-0.2, -0.15) is 8.42 Å². The Hall–Kier alpha value is -6.90. The molecule has 1 aliphatic heterocycles. The van der Waals surface area contributed by atoms with Gasteiger partial charge in [0.2, 0.25) is 29.5 Å². The zero-order chi connectivity index (χ0) is 54.0. The van der Waals surface area contributed by atoms with Crippen LogP contribution in [0.2, 0.25) is 0 Å². The number of amides is 6. The standard InChI is InChI=1S/C54H66N6O12S2/c1-7-14-40(56-47(63)41(29-33-19-21-34(22-20-33)32-74(69,70)71)57-50(66)46-38-17-10-9-15-35(38)23-25-43(46)72-8-2)51(67)60-28-13-27-54(60,6)52(68)58-42(30-36-31-73-44-18-12-11-16-37(36)44)48(64)55-39(24-26-45(61)62)49(65)59-53(3,4)5/h9-12,15-23,25,31,39-42H,7-8,13-14,24,26-30,32H2,1-6H3,(H,55,64)(H,56,63)(H,57,66)(H,58,68)(H,59,65)(H,61,62)(H,69,70,71)/t39-,40-,41-,42-,54-/m0/s1. The number of likely N-dealkylation sites (tertiary alicyclic amines) is 1. The molecule has 396 valence electrons. The Morgan fingerprint density at radius 2 is 1.39 bits per heavy atom. The first-order chi connectivity index (χ1) is 35.0. The van der Waals surface area contributed by atoms with Crippen LogP contribution in [0.25, 0.3) is 20.9 Å². The van der Waals surface area contributed by atoms with Crippen LogP contribution in [0.15, 0.2) is 90.3 Å². The van der Waals surface area contributed by atoms with Crippen LogP contribution < -0.4 is 31.3 Å². The molecule has 2 heterocycles. The number of hydrogen-bond donors (Lipinski definition) is 7. The topological polar surface area (TPSA) is 267 Å². The summed E-state index contributed by atoms with van der Waals surface area (Å²) in [6, 6.07) is 19.3. The average molecular weight is 1060 g/mol. The van der Waals surface area contributed by atoms with Gasteiger partial charge in [0.1, 0.15) is 41.2 Å². The van der Waals surface area contributed by atoms with E-state index in [1.165, 1.54) is 28.4 Å². The summed E-state index contributed by atoms with van der Waals surface area (Å²) in [7, 11) is -4.33. The number of carboxylic acid groups (broad SMARTS) is 1. The van der Waals surface area contributed by atoms with Gasteiger partial charge in [-0.3, -0.25) is 38.1 Å². The number of aliphatic carboxylic acids is 1. The van der Waals surface area contributed by atoms with Crippen LogP contribution in [0.5, 0.6) is 5.75 Å². The minimum Gasteiger partial charge on any atom is -0.493 e. The monoisotopic (exact) mass is 1050 g/mol. The lowest BCUT2D eigenvalue weighted by Gasteiger charge is -2.37. The summed E-state index contributed by atoms with van der Waals surface area (Å²) in [5.74, 6) is -5.42. The van der Waals surface area contributed by atoms with Crippen molar-refractivity contribution < 1.29 is 56.4 Å². The fourth-order valence-corrected chi connectivity index (χ4v) is 10.8. The van der Waals surface area contributed by atoms with Crippen molar-refractivity contribution in [1.29, 1.82) is 0 Å². The molecule has 1 aromatic heterocycles. The molecule has 0 unspecified atom stereocenters. The number of benzene rings is 4. The first-order valence-corrected chi connectivity index (χ1v) is 27.2. The molecular formula is C54H66N6O12S2. The van der Waals surface area contributed by atoms with Crippen LogP contribution in [0.1, 0.15) is 107 Å². The maximum Gasteiger partial charge on any atom is 0.303 e. The molecule has 1 aliphatic rings. The van der Waals surface area contributed by atoms with E-state index in [2.05, 4.69) is 26.6 Å². The quantitative estimate of drug-likeness (QED) is 0.0381.